The number of carboxylic acid groups (broad SMARTS) is 1. The highest BCUT2D eigenvalue weighted by Gasteiger charge is 2.24. The molecule has 1 aromatic heterocycles. The number of aliphatic hydroxyl groups is 1. The third-order valence-electron chi connectivity index (χ3n) is 3.71. The van der Waals surface area contributed by atoms with Crippen molar-refractivity contribution in [3.8, 4) is 5.75 Å². The second kappa shape index (κ2) is 8.69. The first-order chi connectivity index (χ1) is 10.8. The highest BCUT2D eigenvalue weighted by atomic mass is 16.4. The summed E-state index contributed by atoms with van der Waals surface area (Å²) in [6, 6.07) is 0.412. The number of carbonyl (C=O) groups is 1. The lowest BCUT2D eigenvalue weighted by atomic mass is 10.0. The largest absolute Gasteiger partial charge is 0.503 e. The maximum atomic E-state index is 11.8. The van der Waals surface area contributed by atoms with E-state index < -0.39 is 23.2 Å². The van der Waals surface area contributed by atoms with Gasteiger partial charge in [-0.15, -0.1) is 0 Å². The summed E-state index contributed by atoms with van der Waals surface area (Å²) in [6.45, 7) is 7.13. The molecule has 0 radical (unpaired) electrons. The zero-order valence-electron chi connectivity index (χ0n) is 13.9. The molecular weight excluding hydrogens is 300 g/mol. The number of rotatable bonds is 9. The van der Waals surface area contributed by atoms with Crippen LogP contribution in [0.25, 0.3) is 0 Å². The first-order valence-corrected chi connectivity index (χ1v) is 7.80. The minimum atomic E-state index is -1.01. The van der Waals surface area contributed by atoms with Crippen LogP contribution in [0.1, 0.15) is 38.9 Å². The van der Waals surface area contributed by atoms with Gasteiger partial charge < -0.3 is 19.9 Å². The van der Waals surface area contributed by atoms with Gasteiger partial charge in [0.2, 0.25) is 5.43 Å². The summed E-state index contributed by atoms with van der Waals surface area (Å²) < 4.78 is 1.46. The van der Waals surface area contributed by atoms with Gasteiger partial charge in [0.1, 0.15) is 6.04 Å². The summed E-state index contributed by atoms with van der Waals surface area (Å²) in [5.41, 5.74) is -0.0267. The van der Waals surface area contributed by atoms with Crippen molar-refractivity contribution in [3.05, 3.63) is 28.2 Å². The topological polar surface area (TPSA) is 103 Å². The fourth-order valence-corrected chi connectivity index (χ4v) is 2.49. The lowest BCUT2D eigenvalue weighted by molar-refractivity contribution is -0.141. The minimum Gasteiger partial charge on any atom is -0.503 e. The number of hydrogen-bond acceptors (Lipinski definition) is 5. The van der Waals surface area contributed by atoms with Crippen molar-refractivity contribution in [2.75, 3.05) is 19.7 Å². The molecule has 0 aromatic carbocycles. The third-order valence-corrected chi connectivity index (χ3v) is 3.71. The van der Waals surface area contributed by atoms with Gasteiger partial charge in [0, 0.05) is 24.8 Å². The molecule has 0 bridgehead atoms. The second-order valence-electron chi connectivity index (χ2n) is 6.00. The van der Waals surface area contributed by atoms with Gasteiger partial charge in [-0.1, -0.05) is 20.8 Å². The van der Waals surface area contributed by atoms with Gasteiger partial charge >= 0.3 is 5.97 Å². The molecule has 23 heavy (non-hydrogen) atoms. The zero-order valence-corrected chi connectivity index (χ0v) is 13.9. The minimum absolute atomic E-state index is 0.0233. The highest BCUT2D eigenvalue weighted by Crippen LogP contribution is 2.22. The molecule has 0 saturated heterocycles. The highest BCUT2D eigenvalue weighted by molar-refractivity contribution is 5.72. The van der Waals surface area contributed by atoms with Crippen molar-refractivity contribution in [1.29, 1.82) is 0 Å². The molecule has 0 aliphatic carbocycles. The van der Waals surface area contributed by atoms with Crippen LogP contribution in [-0.4, -0.2) is 50.5 Å². The molecule has 0 saturated carbocycles. The first kappa shape index (κ1) is 19.2. The van der Waals surface area contributed by atoms with Crippen LogP contribution in [0.5, 0.6) is 5.75 Å². The van der Waals surface area contributed by atoms with Gasteiger partial charge in [0.15, 0.2) is 5.75 Å². The summed E-state index contributed by atoms with van der Waals surface area (Å²) in [5.74, 6) is -1.33. The number of pyridine rings is 1. The molecule has 3 N–H and O–H groups in total. The van der Waals surface area contributed by atoms with E-state index in [0.717, 1.165) is 0 Å². The van der Waals surface area contributed by atoms with Crippen LogP contribution >= 0.6 is 0 Å². The number of carboxylic acids is 1. The number of aromatic hydroxyl groups is 1. The SMILES string of the molecule is CCN(CCO)Cc1cc(=O)c(O)cn1C(CC(C)C)C(=O)O. The fourth-order valence-electron chi connectivity index (χ4n) is 2.49. The van der Waals surface area contributed by atoms with E-state index in [-0.39, 0.29) is 12.5 Å². The lowest BCUT2D eigenvalue weighted by Gasteiger charge is -2.26. The van der Waals surface area contributed by atoms with Crippen molar-refractivity contribution in [1.82, 2.24) is 9.47 Å². The van der Waals surface area contributed by atoms with Gasteiger partial charge in [-0.2, -0.15) is 0 Å². The molecule has 0 fully saturated rings. The van der Waals surface area contributed by atoms with E-state index in [2.05, 4.69) is 0 Å². The van der Waals surface area contributed by atoms with Crippen LogP contribution in [0.3, 0.4) is 0 Å². The predicted octanol–water partition coefficient (Wildman–Crippen LogP) is 1.04. The van der Waals surface area contributed by atoms with E-state index in [1.165, 1.54) is 16.8 Å². The Morgan fingerprint density at radius 3 is 2.52 bits per heavy atom. The summed E-state index contributed by atoms with van der Waals surface area (Å²) in [4.78, 5) is 25.3. The molecule has 1 rings (SSSR count). The number of nitrogens with zero attached hydrogens (tertiary/aromatic N) is 2. The van der Waals surface area contributed by atoms with Crippen LogP contribution in [0.4, 0.5) is 0 Å². The molecule has 0 aliphatic rings. The van der Waals surface area contributed by atoms with E-state index in [0.29, 0.717) is 31.7 Å². The Kier molecular flexibility index (Phi) is 7.25. The van der Waals surface area contributed by atoms with E-state index in [4.69, 9.17) is 5.11 Å². The predicted molar refractivity (Wildman–Crippen MR) is 86.5 cm³/mol. The molecule has 1 aromatic rings. The Labute approximate surface area is 135 Å². The van der Waals surface area contributed by atoms with E-state index in [9.17, 15) is 19.8 Å². The van der Waals surface area contributed by atoms with Crippen LogP contribution in [-0.2, 0) is 11.3 Å². The summed E-state index contributed by atoms with van der Waals surface area (Å²) >= 11 is 0. The standard InChI is InChI=1S/C16H26N2O5/c1-4-17(5-6-19)9-12-8-14(20)15(21)10-18(12)13(16(22)23)7-11(2)3/h8,10-11,13,19,21H,4-7,9H2,1-3H3,(H,22,23). The van der Waals surface area contributed by atoms with Crippen molar-refractivity contribution in [2.24, 2.45) is 5.92 Å². The normalized spacial score (nSPS) is 12.8. The molecule has 0 amide bonds. The average molecular weight is 326 g/mol. The number of aliphatic hydroxyl groups excluding tert-OH is 1. The molecule has 1 atom stereocenters. The zero-order chi connectivity index (χ0) is 17.6. The van der Waals surface area contributed by atoms with Crippen molar-refractivity contribution in [2.45, 2.75) is 39.8 Å². The summed E-state index contributed by atoms with van der Waals surface area (Å²) in [6.07, 6.45) is 1.59. The molecule has 1 heterocycles. The summed E-state index contributed by atoms with van der Waals surface area (Å²) in [5, 5.41) is 28.3. The number of hydrogen-bond donors (Lipinski definition) is 3. The fraction of sp³-hybridized carbons (Fsp3) is 0.625. The van der Waals surface area contributed by atoms with E-state index >= 15 is 0 Å². The van der Waals surface area contributed by atoms with Crippen molar-refractivity contribution < 1.29 is 20.1 Å². The monoisotopic (exact) mass is 326 g/mol. The van der Waals surface area contributed by atoms with Gasteiger partial charge in [0.05, 0.1) is 12.8 Å². The molecule has 7 nitrogen and oxygen atoms in total. The van der Waals surface area contributed by atoms with Crippen LogP contribution < -0.4 is 5.43 Å². The Balaban J connectivity index is 3.29. The van der Waals surface area contributed by atoms with Gasteiger partial charge in [0.25, 0.3) is 0 Å². The van der Waals surface area contributed by atoms with Crippen molar-refractivity contribution in [3.63, 3.8) is 0 Å². The Hall–Kier alpha value is -1.86. The first-order valence-electron chi connectivity index (χ1n) is 7.80. The molecule has 130 valence electrons. The second-order valence-corrected chi connectivity index (χ2v) is 6.00. The van der Waals surface area contributed by atoms with Gasteiger partial charge in [-0.3, -0.25) is 9.69 Å². The average Bonchev–Trinajstić information content (AvgIpc) is 2.47. The maximum Gasteiger partial charge on any atom is 0.326 e. The molecule has 0 aliphatic heterocycles. The van der Waals surface area contributed by atoms with Gasteiger partial charge in [-0.05, 0) is 18.9 Å². The summed E-state index contributed by atoms with van der Waals surface area (Å²) in [7, 11) is 0. The number of aromatic nitrogens is 1. The van der Waals surface area contributed by atoms with Crippen molar-refractivity contribution >= 4 is 5.97 Å². The molecular formula is C16H26N2O5. The number of likely N-dealkylation sites (N-methyl/N-ethyl adjacent to an activating group) is 1. The maximum absolute atomic E-state index is 11.8. The third kappa shape index (κ3) is 5.37. The molecule has 1 unspecified atom stereocenters. The quantitative estimate of drug-likeness (QED) is 0.626. The van der Waals surface area contributed by atoms with Crippen LogP contribution in [0, 0.1) is 5.92 Å². The number of aliphatic carboxylic acids is 1. The van der Waals surface area contributed by atoms with Gasteiger partial charge in [-0.25, -0.2) is 4.79 Å². The molecule has 0 spiro atoms. The van der Waals surface area contributed by atoms with E-state index in [1.54, 1.807) is 0 Å². The Morgan fingerprint density at radius 1 is 1.39 bits per heavy atom. The molecule has 7 heteroatoms. The van der Waals surface area contributed by atoms with Crippen LogP contribution in [0.2, 0.25) is 0 Å². The Morgan fingerprint density at radius 2 is 2.04 bits per heavy atom. The lowest BCUT2D eigenvalue weighted by Crippen LogP contribution is -2.31. The Bertz CT molecular complexity index is 582. The van der Waals surface area contributed by atoms with E-state index in [1.807, 2.05) is 25.7 Å². The van der Waals surface area contributed by atoms with Crippen LogP contribution in [0.15, 0.2) is 17.1 Å². The smallest absolute Gasteiger partial charge is 0.326 e.